The van der Waals surface area contributed by atoms with Gasteiger partial charge in [0.15, 0.2) is 6.61 Å². The number of rotatable bonds is 4. The van der Waals surface area contributed by atoms with Crippen LogP contribution in [0.25, 0.3) is 0 Å². The summed E-state index contributed by atoms with van der Waals surface area (Å²) in [6.07, 6.45) is 3.20. The summed E-state index contributed by atoms with van der Waals surface area (Å²) in [5.74, 6) is -0.569. The smallest absolute Gasteiger partial charge is 0.346 e. The van der Waals surface area contributed by atoms with Gasteiger partial charge in [-0.25, -0.2) is 4.79 Å². The number of hydrogen-bond donors (Lipinski definition) is 1. The van der Waals surface area contributed by atoms with Gasteiger partial charge in [-0.2, -0.15) is 0 Å². The molecular formula is C14H19NO4S. The van der Waals surface area contributed by atoms with E-state index in [1.807, 2.05) is 4.90 Å². The molecule has 110 valence electrons. The van der Waals surface area contributed by atoms with Gasteiger partial charge < -0.3 is 14.7 Å². The minimum absolute atomic E-state index is 0.0345. The Bertz CT molecular complexity index is 489. The molecule has 2 atom stereocenters. The fourth-order valence-corrected chi connectivity index (χ4v) is 3.30. The summed E-state index contributed by atoms with van der Waals surface area (Å²) in [6.45, 7) is 4.08. The summed E-state index contributed by atoms with van der Waals surface area (Å²) >= 11 is 1.10. The molecule has 0 spiro atoms. The fraction of sp³-hybridized carbons (Fsp3) is 0.571. The number of amides is 1. The molecule has 6 heteroatoms. The number of carboxylic acids is 1. The molecule has 0 aliphatic carbocycles. The first-order chi connectivity index (χ1) is 9.49. The highest BCUT2D eigenvalue weighted by atomic mass is 32.1. The van der Waals surface area contributed by atoms with Crippen LogP contribution in [0.5, 0.6) is 5.75 Å². The Kier molecular flexibility index (Phi) is 4.65. The summed E-state index contributed by atoms with van der Waals surface area (Å²) in [5.41, 5.74) is 0. The third-order valence-electron chi connectivity index (χ3n) is 3.63. The number of ether oxygens (including phenoxy) is 1. The Morgan fingerprint density at radius 2 is 2.05 bits per heavy atom. The number of nitrogens with zero attached hydrogens (tertiary/aromatic N) is 1. The summed E-state index contributed by atoms with van der Waals surface area (Å²) in [7, 11) is 0. The van der Waals surface area contributed by atoms with Crippen molar-refractivity contribution in [2.24, 2.45) is 0 Å². The van der Waals surface area contributed by atoms with Gasteiger partial charge in [-0.1, -0.05) is 0 Å². The molecule has 1 aliphatic heterocycles. The molecule has 1 aliphatic rings. The number of carboxylic acid groups (broad SMARTS) is 1. The maximum absolute atomic E-state index is 12.2. The zero-order chi connectivity index (χ0) is 14.7. The molecule has 2 heterocycles. The van der Waals surface area contributed by atoms with Gasteiger partial charge in [0.2, 0.25) is 0 Å². The molecular weight excluding hydrogens is 278 g/mol. The Hall–Kier alpha value is -1.56. The minimum Gasteiger partial charge on any atom is -0.483 e. The van der Waals surface area contributed by atoms with Gasteiger partial charge in [-0.05, 0) is 33.1 Å². The maximum Gasteiger partial charge on any atom is 0.346 e. The molecule has 0 radical (unpaired) electrons. The lowest BCUT2D eigenvalue weighted by Gasteiger charge is -2.38. The Morgan fingerprint density at radius 3 is 2.60 bits per heavy atom. The van der Waals surface area contributed by atoms with Gasteiger partial charge in [0.25, 0.3) is 5.91 Å². The molecule has 5 nitrogen and oxygen atoms in total. The second-order valence-electron chi connectivity index (χ2n) is 5.17. The van der Waals surface area contributed by atoms with Crippen LogP contribution in [0.4, 0.5) is 0 Å². The van der Waals surface area contributed by atoms with Gasteiger partial charge in [-0.15, -0.1) is 11.3 Å². The highest BCUT2D eigenvalue weighted by Gasteiger charge is 2.29. The van der Waals surface area contributed by atoms with Crippen molar-refractivity contribution in [3.8, 4) is 5.75 Å². The third-order valence-corrected chi connectivity index (χ3v) is 4.53. The molecule has 0 aromatic carbocycles. The van der Waals surface area contributed by atoms with Crippen molar-refractivity contribution >= 4 is 23.2 Å². The lowest BCUT2D eigenvalue weighted by Crippen LogP contribution is -2.49. The van der Waals surface area contributed by atoms with E-state index in [0.717, 1.165) is 30.6 Å². The summed E-state index contributed by atoms with van der Waals surface area (Å²) in [5, 5.41) is 10.4. The van der Waals surface area contributed by atoms with E-state index in [9.17, 15) is 9.59 Å². The van der Waals surface area contributed by atoms with Crippen LogP contribution in [0.3, 0.4) is 0 Å². The van der Waals surface area contributed by atoms with Crippen molar-refractivity contribution in [2.45, 2.75) is 45.2 Å². The average Bonchev–Trinajstić information content (AvgIpc) is 2.85. The van der Waals surface area contributed by atoms with E-state index >= 15 is 0 Å². The predicted molar refractivity (Wildman–Crippen MR) is 76.4 cm³/mol. The quantitative estimate of drug-likeness (QED) is 0.927. The number of carbonyl (C=O) groups excluding carboxylic acids is 1. The van der Waals surface area contributed by atoms with E-state index in [-0.39, 0.29) is 29.5 Å². The number of aromatic carboxylic acids is 1. The summed E-state index contributed by atoms with van der Waals surface area (Å²) in [4.78, 5) is 25.1. The molecule has 1 N–H and O–H groups in total. The molecule has 1 amide bonds. The van der Waals surface area contributed by atoms with Gasteiger partial charge >= 0.3 is 5.97 Å². The molecule has 1 aromatic heterocycles. The Balaban J connectivity index is 1.92. The minimum atomic E-state index is -0.977. The summed E-state index contributed by atoms with van der Waals surface area (Å²) < 4.78 is 5.40. The van der Waals surface area contributed by atoms with Crippen LogP contribution in [0, 0.1) is 0 Å². The van der Waals surface area contributed by atoms with Gasteiger partial charge in [-0.3, -0.25) is 4.79 Å². The lowest BCUT2D eigenvalue weighted by molar-refractivity contribution is -0.139. The van der Waals surface area contributed by atoms with Gasteiger partial charge in [0, 0.05) is 23.5 Å². The fourth-order valence-electron chi connectivity index (χ4n) is 2.64. The third kappa shape index (κ3) is 3.30. The van der Waals surface area contributed by atoms with Crippen LogP contribution >= 0.6 is 11.3 Å². The largest absolute Gasteiger partial charge is 0.483 e. The first kappa shape index (κ1) is 14.8. The van der Waals surface area contributed by atoms with E-state index < -0.39 is 5.97 Å². The van der Waals surface area contributed by atoms with Crippen LogP contribution in [0.2, 0.25) is 0 Å². The van der Waals surface area contributed by atoms with E-state index in [0.29, 0.717) is 5.75 Å². The van der Waals surface area contributed by atoms with Crippen molar-refractivity contribution in [3.63, 3.8) is 0 Å². The maximum atomic E-state index is 12.2. The normalized spacial score (nSPS) is 22.6. The van der Waals surface area contributed by atoms with Crippen LogP contribution in [0.1, 0.15) is 42.8 Å². The Labute approximate surface area is 122 Å². The van der Waals surface area contributed by atoms with Gasteiger partial charge in [0.1, 0.15) is 10.6 Å². The van der Waals surface area contributed by atoms with Crippen LogP contribution in [0.15, 0.2) is 11.4 Å². The topological polar surface area (TPSA) is 66.8 Å². The highest BCUT2D eigenvalue weighted by molar-refractivity contribution is 7.12. The number of thiophene rings is 1. The van der Waals surface area contributed by atoms with Crippen molar-refractivity contribution in [3.05, 3.63) is 16.3 Å². The zero-order valence-electron chi connectivity index (χ0n) is 11.7. The number of hydrogen-bond acceptors (Lipinski definition) is 4. The van der Waals surface area contributed by atoms with E-state index in [1.54, 1.807) is 5.38 Å². The molecule has 1 saturated heterocycles. The van der Waals surface area contributed by atoms with E-state index in [4.69, 9.17) is 9.84 Å². The zero-order valence-corrected chi connectivity index (χ0v) is 12.5. The molecule has 1 aromatic rings. The van der Waals surface area contributed by atoms with Crippen LogP contribution in [-0.4, -0.2) is 40.6 Å². The average molecular weight is 297 g/mol. The van der Waals surface area contributed by atoms with Crippen molar-refractivity contribution in [1.82, 2.24) is 4.90 Å². The van der Waals surface area contributed by atoms with E-state index in [2.05, 4.69) is 13.8 Å². The van der Waals surface area contributed by atoms with Gasteiger partial charge in [0.05, 0.1) is 0 Å². The molecule has 1 fully saturated rings. The highest BCUT2D eigenvalue weighted by Crippen LogP contribution is 2.24. The van der Waals surface area contributed by atoms with E-state index in [1.165, 1.54) is 6.07 Å². The predicted octanol–water partition coefficient (Wildman–Crippen LogP) is 2.61. The van der Waals surface area contributed by atoms with Crippen LogP contribution < -0.4 is 4.74 Å². The monoisotopic (exact) mass is 297 g/mol. The summed E-state index contributed by atoms with van der Waals surface area (Å²) in [6, 6.07) is 1.93. The number of piperidine rings is 1. The van der Waals surface area contributed by atoms with Crippen LogP contribution in [-0.2, 0) is 4.79 Å². The lowest BCUT2D eigenvalue weighted by atomic mass is 9.97. The van der Waals surface area contributed by atoms with Crippen molar-refractivity contribution in [2.75, 3.05) is 6.61 Å². The number of likely N-dealkylation sites (tertiary alicyclic amines) is 1. The second kappa shape index (κ2) is 6.26. The first-order valence-corrected chi connectivity index (χ1v) is 7.62. The molecule has 20 heavy (non-hydrogen) atoms. The molecule has 2 unspecified atom stereocenters. The molecule has 0 bridgehead atoms. The van der Waals surface area contributed by atoms with Crippen molar-refractivity contribution < 1.29 is 19.4 Å². The SMILES string of the molecule is CC1CCCC(C)N1C(=O)COc1csc(C(=O)O)c1. The molecule has 0 saturated carbocycles. The number of carbonyl (C=O) groups is 2. The second-order valence-corrected chi connectivity index (χ2v) is 6.08. The Morgan fingerprint density at radius 1 is 1.40 bits per heavy atom. The van der Waals surface area contributed by atoms with Crippen molar-refractivity contribution in [1.29, 1.82) is 0 Å². The molecule has 2 rings (SSSR count). The first-order valence-electron chi connectivity index (χ1n) is 6.75. The standard InChI is InChI=1S/C14H19NO4S/c1-9-4-3-5-10(2)15(9)13(16)7-19-11-6-12(14(17)18)20-8-11/h6,8-10H,3-5,7H2,1-2H3,(H,17,18).